The van der Waals surface area contributed by atoms with Crippen LogP contribution in [0.4, 0.5) is 10.1 Å². The zero-order valence-corrected chi connectivity index (χ0v) is 11.0. The van der Waals surface area contributed by atoms with Crippen LogP contribution in [0.5, 0.6) is 0 Å². The summed E-state index contributed by atoms with van der Waals surface area (Å²) in [5, 5.41) is 3.70. The van der Waals surface area contributed by atoms with Crippen LogP contribution in [-0.2, 0) is 0 Å². The van der Waals surface area contributed by atoms with Crippen LogP contribution in [0.3, 0.4) is 0 Å². The minimum atomic E-state index is -0.108. The molecule has 1 aromatic carbocycles. The molecule has 0 amide bonds. The van der Waals surface area contributed by atoms with E-state index in [2.05, 4.69) is 10.2 Å². The molecule has 0 bridgehead atoms. The molecule has 3 rings (SSSR count). The van der Waals surface area contributed by atoms with E-state index >= 15 is 0 Å². The number of halogens is 1. The maximum atomic E-state index is 13.3. The van der Waals surface area contributed by atoms with Crippen LogP contribution in [0.1, 0.15) is 31.2 Å². The Balaban J connectivity index is 1.68. The Bertz CT molecular complexity index is 429. The number of aryl methyl sites for hydroxylation is 1. The number of anilines is 1. The van der Waals surface area contributed by atoms with Crippen molar-refractivity contribution in [2.24, 2.45) is 0 Å². The van der Waals surface area contributed by atoms with E-state index < -0.39 is 0 Å². The topological polar surface area (TPSA) is 15.3 Å². The molecule has 1 saturated carbocycles. The Kier molecular flexibility index (Phi) is 3.25. The van der Waals surface area contributed by atoms with E-state index in [9.17, 15) is 4.39 Å². The third-order valence-electron chi connectivity index (χ3n) is 3.98. The summed E-state index contributed by atoms with van der Waals surface area (Å²) in [6, 6.07) is 6.83. The van der Waals surface area contributed by atoms with E-state index in [0.717, 1.165) is 30.4 Å². The van der Waals surface area contributed by atoms with Gasteiger partial charge in [0.1, 0.15) is 5.82 Å². The lowest BCUT2D eigenvalue weighted by atomic mass is 10.0. The van der Waals surface area contributed by atoms with E-state index in [1.807, 2.05) is 19.1 Å². The molecule has 3 heteroatoms. The second kappa shape index (κ2) is 4.88. The third kappa shape index (κ3) is 2.66. The molecule has 2 fully saturated rings. The van der Waals surface area contributed by atoms with Crippen molar-refractivity contribution in [3.8, 4) is 0 Å². The van der Waals surface area contributed by atoms with Crippen LogP contribution in [0.25, 0.3) is 0 Å². The molecule has 1 heterocycles. The van der Waals surface area contributed by atoms with E-state index in [1.54, 1.807) is 6.07 Å². The van der Waals surface area contributed by atoms with Gasteiger partial charge in [-0.25, -0.2) is 4.39 Å². The van der Waals surface area contributed by atoms with E-state index in [0.29, 0.717) is 6.04 Å². The number of piperidine rings is 1. The molecular weight excluding hydrogens is 227 g/mol. The predicted octanol–water partition coefficient (Wildman–Crippen LogP) is 2.85. The fraction of sp³-hybridized carbons (Fsp3) is 0.600. The van der Waals surface area contributed by atoms with Crippen LogP contribution >= 0.6 is 0 Å². The number of hydrogen-bond donors (Lipinski definition) is 1. The first-order chi connectivity index (χ1) is 8.72. The lowest BCUT2D eigenvalue weighted by Gasteiger charge is -2.35. The van der Waals surface area contributed by atoms with Crippen molar-refractivity contribution in [1.29, 1.82) is 0 Å². The van der Waals surface area contributed by atoms with Gasteiger partial charge in [0.05, 0.1) is 0 Å². The second-order valence-corrected chi connectivity index (χ2v) is 5.66. The first-order valence-electron chi connectivity index (χ1n) is 6.99. The van der Waals surface area contributed by atoms with Crippen LogP contribution in [0.2, 0.25) is 0 Å². The normalized spacial score (nSPS) is 24.3. The standard InChI is InChI=1S/C15H21FN2/c1-11-9-14(6-7-15(11)16)18-8-2-3-13(10-18)17-12-4-5-12/h6-7,9,12-13,17H,2-5,8,10H2,1H3. The summed E-state index contributed by atoms with van der Waals surface area (Å²) in [6.45, 7) is 3.98. The van der Waals surface area contributed by atoms with E-state index in [4.69, 9.17) is 0 Å². The van der Waals surface area contributed by atoms with Gasteiger partial charge in [-0.2, -0.15) is 0 Å². The molecule has 1 saturated heterocycles. The molecule has 1 aliphatic heterocycles. The van der Waals surface area contributed by atoms with Crippen molar-refractivity contribution in [2.45, 2.75) is 44.7 Å². The minimum absolute atomic E-state index is 0.108. The first-order valence-corrected chi connectivity index (χ1v) is 6.99. The van der Waals surface area contributed by atoms with Gasteiger partial charge < -0.3 is 10.2 Å². The third-order valence-corrected chi connectivity index (χ3v) is 3.98. The molecule has 0 spiro atoms. The molecule has 98 valence electrons. The van der Waals surface area contributed by atoms with Crippen molar-refractivity contribution in [1.82, 2.24) is 5.32 Å². The van der Waals surface area contributed by atoms with E-state index in [-0.39, 0.29) is 5.82 Å². The molecule has 1 aromatic rings. The van der Waals surface area contributed by atoms with Crippen molar-refractivity contribution in [3.63, 3.8) is 0 Å². The Labute approximate surface area is 108 Å². The summed E-state index contributed by atoms with van der Waals surface area (Å²) in [5.41, 5.74) is 1.90. The smallest absolute Gasteiger partial charge is 0.126 e. The van der Waals surface area contributed by atoms with Gasteiger partial charge in [0.15, 0.2) is 0 Å². The molecule has 1 N–H and O–H groups in total. The zero-order chi connectivity index (χ0) is 12.5. The highest BCUT2D eigenvalue weighted by atomic mass is 19.1. The first kappa shape index (κ1) is 12.0. The van der Waals surface area contributed by atoms with Gasteiger partial charge in [-0.1, -0.05) is 0 Å². The van der Waals surface area contributed by atoms with Crippen LogP contribution in [-0.4, -0.2) is 25.2 Å². The molecule has 18 heavy (non-hydrogen) atoms. The summed E-state index contributed by atoms with van der Waals surface area (Å²) < 4.78 is 13.3. The summed E-state index contributed by atoms with van der Waals surface area (Å²) in [6.07, 6.45) is 5.17. The van der Waals surface area contributed by atoms with Crippen LogP contribution < -0.4 is 10.2 Å². The lowest BCUT2D eigenvalue weighted by Crippen LogP contribution is -2.46. The van der Waals surface area contributed by atoms with Crippen molar-refractivity contribution >= 4 is 5.69 Å². The summed E-state index contributed by atoms with van der Waals surface area (Å²) in [4.78, 5) is 2.38. The molecule has 1 atom stereocenters. The molecular formula is C15H21FN2. The fourth-order valence-electron chi connectivity index (χ4n) is 2.76. The largest absolute Gasteiger partial charge is 0.370 e. The maximum Gasteiger partial charge on any atom is 0.126 e. The molecule has 1 aliphatic carbocycles. The second-order valence-electron chi connectivity index (χ2n) is 5.66. The van der Waals surface area contributed by atoms with Crippen molar-refractivity contribution < 1.29 is 4.39 Å². The van der Waals surface area contributed by atoms with Gasteiger partial charge in [-0.3, -0.25) is 0 Å². The number of hydrogen-bond acceptors (Lipinski definition) is 2. The molecule has 0 radical (unpaired) electrons. The van der Waals surface area contributed by atoms with Gasteiger partial charge in [0, 0.05) is 30.9 Å². The molecule has 1 unspecified atom stereocenters. The van der Waals surface area contributed by atoms with Gasteiger partial charge in [-0.05, 0) is 56.4 Å². The SMILES string of the molecule is Cc1cc(N2CCCC(NC3CC3)C2)ccc1F. The summed E-state index contributed by atoms with van der Waals surface area (Å²) in [7, 11) is 0. The number of benzene rings is 1. The van der Waals surface area contributed by atoms with Crippen molar-refractivity contribution in [2.75, 3.05) is 18.0 Å². The number of nitrogens with one attached hydrogen (secondary N) is 1. The van der Waals surface area contributed by atoms with E-state index in [1.165, 1.54) is 25.7 Å². The molecule has 2 aliphatic rings. The average Bonchev–Trinajstić information content (AvgIpc) is 3.17. The maximum absolute atomic E-state index is 13.3. The number of nitrogens with zero attached hydrogens (tertiary/aromatic N) is 1. The highest BCUT2D eigenvalue weighted by molar-refractivity contribution is 5.49. The molecule has 2 nitrogen and oxygen atoms in total. The van der Waals surface area contributed by atoms with Crippen LogP contribution in [0, 0.1) is 12.7 Å². The minimum Gasteiger partial charge on any atom is -0.370 e. The van der Waals surface area contributed by atoms with Gasteiger partial charge in [0.25, 0.3) is 0 Å². The Morgan fingerprint density at radius 1 is 1.22 bits per heavy atom. The zero-order valence-electron chi connectivity index (χ0n) is 11.0. The van der Waals surface area contributed by atoms with Crippen LogP contribution in [0.15, 0.2) is 18.2 Å². The number of rotatable bonds is 3. The predicted molar refractivity (Wildman–Crippen MR) is 72.5 cm³/mol. The Morgan fingerprint density at radius 2 is 2.06 bits per heavy atom. The average molecular weight is 248 g/mol. The van der Waals surface area contributed by atoms with Crippen molar-refractivity contribution in [3.05, 3.63) is 29.6 Å². The quantitative estimate of drug-likeness (QED) is 0.885. The van der Waals surface area contributed by atoms with Gasteiger partial charge in [-0.15, -0.1) is 0 Å². The Morgan fingerprint density at radius 3 is 2.78 bits per heavy atom. The summed E-state index contributed by atoms with van der Waals surface area (Å²) in [5.74, 6) is -0.108. The van der Waals surface area contributed by atoms with Gasteiger partial charge >= 0.3 is 0 Å². The highest BCUT2D eigenvalue weighted by Gasteiger charge is 2.27. The van der Waals surface area contributed by atoms with Gasteiger partial charge in [0.2, 0.25) is 0 Å². The monoisotopic (exact) mass is 248 g/mol. The fourth-order valence-corrected chi connectivity index (χ4v) is 2.76. The molecule has 0 aromatic heterocycles. The highest BCUT2D eigenvalue weighted by Crippen LogP contribution is 2.25. The summed E-state index contributed by atoms with van der Waals surface area (Å²) >= 11 is 0. The Hall–Kier alpha value is -1.09. The lowest BCUT2D eigenvalue weighted by molar-refractivity contribution is 0.420.